The van der Waals surface area contributed by atoms with E-state index in [-0.39, 0.29) is 11.6 Å². The molecule has 0 unspecified atom stereocenters. The summed E-state index contributed by atoms with van der Waals surface area (Å²) >= 11 is 5.80. The normalized spacial score (nSPS) is 12.9. The van der Waals surface area contributed by atoms with Crippen LogP contribution in [0.4, 0.5) is 8.78 Å². The second kappa shape index (κ2) is 7.27. The van der Waals surface area contributed by atoms with Crippen molar-refractivity contribution < 1.29 is 22.0 Å². The molecule has 0 radical (unpaired) electrons. The zero-order chi connectivity index (χ0) is 17.9. The Balaban J connectivity index is 2.11. The number of halogens is 3. The molecule has 1 N–H and O–H groups in total. The molecule has 0 aliphatic rings. The molecule has 2 aromatic rings. The fourth-order valence-electron chi connectivity index (χ4n) is 2.01. The summed E-state index contributed by atoms with van der Waals surface area (Å²) < 4.78 is 47.6. The summed E-state index contributed by atoms with van der Waals surface area (Å²) in [6.07, 6.45) is 0. The smallest absolute Gasteiger partial charge is 0.341 e. The van der Waals surface area contributed by atoms with Gasteiger partial charge in [-0.25, -0.2) is 8.42 Å². The van der Waals surface area contributed by atoms with Crippen LogP contribution in [0.1, 0.15) is 28.9 Å². The lowest BCUT2D eigenvalue weighted by atomic mass is 10.1. The van der Waals surface area contributed by atoms with Crippen LogP contribution in [-0.2, 0) is 9.84 Å². The van der Waals surface area contributed by atoms with Crippen LogP contribution in [0.5, 0.6) is 0 Å². The molecule has 128 valence electrons. The van der Waals surface area contributed by atoms with Gasteiger partial charge in [-0.3, -0.25) is 4.79 Å². The maximum Gasteiger partial charge on any atom is 0.341 e. The number of sulfone groups is 1. The molecule has 4 nitrogen and oxygen atoms in total. The van der Waals surface area contributed by atoms with E-state index < -0.39 is 26.4 Å². The third-order valence-corrected chi connectivity index (χ3v) is 5.05. The molecule has 0 fully saturated rings. The van der Waals surface area contributed by atoms with Crippen molar-refractivity contribution >= 4 is 27.3 Å². The number of hydrogen-bond donors (Lipinski definition) is 1. The SMILES string of the molecule is C[C@@H](NC(=O)c1ccc(S(=O)(=O)C(F)F)cc1)c1ccc(Cl)cc1. The van der Waals surface area contributed by atoms with Gasteiger partial charge in [0.15, 0.2) is 0 Å². The third-order valence-electron chi connectivity index (χ3n) is 3.40. The van der Waals surface area contributed by atoms with Crippen molar-refractivity contribution in [3.63, 3.8) is 0 Å². The first kappa shape index (κ1) is 18.4. The Kier molecular flexibility index (Phi) is 5.56. The van der Waals surface area contributed by atoms with Gasteiger partial charge in [0.2, 0.25) is 9.84 Å². The van der Waals surface area contributed by atoms with Crippen molar-refractivity contribution in [2.24, 2.45) is 0 Å². The van der Waals surface area contributed by atoms with Crippen LogP contribution in [0, 0.1) is 0 Å². The molecule has 0 bridgehead atoms. The van der Waals surface area contributed by atoms with Crippen LogP contribution in [0.25, 0.3) is 0 Å². The molecular formula is C16H14ClF2NO3S. The fraction of sp³-hybridized carbons (Fsp3) is 0.188. The average Bonchev–Trinajstić information content (AvgIpc) is 2.55. The maximum absolute atomic E-state index is 12.5. The monoisotopic (exact) mass is 373 g/mol. The van der Waals surface area contributed by atoms with Crippen LogP contribution in [0.15, 0.2) is 53.4 Å². The van der Waals surface area contributed by atoms with E-state index in [4.69, 9.17) is 11.6 Å². The van der Waals surface area contributed by atoms with E-state index in [1.165, 1.54) is 12.1 Å². The number of hydrogen-bond acceptors (Lipinski definition) is 3. The number of amides is 1. The van der Waals surface area contributed by atoms with Crippen LogP contribution in [0.3, 0.4) is 0 Å². The minimum absolute atomic E-state index is 0.170. The highest BCUT2D eigenvalue weighted by Crippen LogP contribution is 2.20. The highest BCUT2D eigenvalue weighted by atomic mass is 35.5. The molecule has 0 saturated heterocycles. The first-order valence-corrected chi connectivity index (χ1v) is 8.82. The van der Waals surface area contributed by atoms with Crippen LogP contribution >= 0.6 is 11.6 Å². The average molecular weight is 374 g/mol. The molecular weight excluding hydrogens is 360 g/mol. The Bertz CT molecular complexity index is 821. The molecule has 0 saturated carbocycles. The zero-order valence-electron chi connectivity index (χ0n) is 12.5. The summed E-state index contributed by atoms with van der Waals surface area (Å²) in [4.78, 5) is 11.6. The number of rotatable bonds is 5. The topological polar surface area (TPSA) is 63.2 Å². The molecule has 0 aliphatic heterocycles. The molecule has 0 aliphatic carbocycles. The standard InChI is InChI=1S/C16H14ClF2NO3S/c1-10(11-2-6-13(17)7-3-11)20-15(21)12-4-8-14(9-5-12)24(22,23)16(18)19/h2-10,16H,1H3,(H,20,21)/t10-/m1/s1. The summed E-state index contributed by atoms with van der Waals surface area (Å²) in [5.74, 6) is -3.94. The van der Waals surface area contributed by atoms with Gasteiger partial charge in [-0.1, -0.05) is 23.7 Å². The first-order valence-electron chi connectivity index (χ1n) is 6.90. The second-order valence-corrected chi connectivity index (χ2v) is 7.43. The Labute approximate surface area is 143 Å². The van der Waals surface area contributed by atoms with Gasteiger partial charge in [-0.15, -0.1) is 0 Å². The van der Waals surface area contributed by atoms with Gasteiger partial charge in [-0.05, 0) is 48.9 Å². The maximum atomic E-state index is 12.5. The Hall–Kier alpha value is -1.99. The molecule has 1 amide bonds. The Morgan fingerprint density at radius 3 is 2.08 bits per heavy atom. The molecule has 2 rings (SSSR count). The van der Waals surface area contributed by atoms with Gasteiger partial charge in [0.1, 0.15) is 0 Å². The third kappa shape index (κ3) is 4.10. The van der Waals surface area contributed by atoms with Crippen molar-refractivity contribution in [1.82, 2.24) is 5.32 Å². The van der Waals surface area contributed by atoms with Gasteiger partial charge in [0.05, 0.1) is 10.9 Å². The predicted molar refractivity (Wildman–Crippen MR) is 87.0 cm³/mol. The number of benzene rings is 2. The van der Waals surface area contributed by atoms with E-state index in [9.17, 15) is 22.0 Å². The zero-order valence-corrected chi connectivity index (χ0v) is 14.1. The summed E-state index contributed by atoms with van der Waals surface area (Å²) in [6, 6.07) is 11.0. The Morgan fingerprint density at radius 1 is 1.04 bits per heavy atom. The van der Waals surface area contributed by atoms with Gasteiger partial charge in [-0.2, -0.15) is 8.78 Å². The summed E-state index contributed by atoms with van der Waals surface area (Å²) in [6.45, 7) is 1.77. The summed E-state index contributed by atoms with van der Waals surface area (Å²) in [5, 5.41) is 3.31. The molecule has 24 heavy (non-hydrogen) atoms. The van der Waals surface area contributed by atoms with Gasteiger partial charge < -0.3 is 5.32 Å². The fourth-order valence-corrected chi connectivity index (χ4v) is 2.86. The molecule has 1 atom stereocenters. The largest absolute Gasteiger partial charge is 0.346 e. The number of nitrogens with one attached hydrogen (secondary N) is 1. The van der Waals surface area contributed by atoms with E-state index in [0.29, 0.717) is 5.02 Å². The van der Waals surface area contributed by atoms with Crippen LogP contribution < -0.4 is 5.32 Å². The van der Waals surface area contributed by atoms with Crippen molar-refractivity contribution in [1.29, 1.82) is 0 Å². The minimum Gasteiger partial charge on any atom is -0.346 e. The van der Waals surface area contributed by atoms with E-state index in [1.807, 2.05) is 0 Å². The Morgan fingerprint density at radius 2 is 1.58 bits per heavy atom. The van der Waals surface area contributed by atoms with E-state index in [0.717, 1.165) is 17.7 Å². The second-order valence-electron chi connectivity index (χ2n) is 5.08. The molecule has 8 heteroatoms. The van der Waals surface area contributed by atoms with Gasteiger partial charge in [0.25, 0.3) is 5.91 Å². The van der Waals surface area contributed by atoms with Crippen LogP contribution in [0.2, 0.25) is 5.02 Å². The lowest BCUT2D eigenvalue weighted by Crippen LogP contribution is -2.26. The molecule has 0 aromatic heterocycles. The number of carbonyl (C=O) groups is 1. The van der Waals surface area contributed by atoms with Crippen molar-refractivity contribution in [2.45, 2.75) is 23.6 Å². The van der Waals surface area contributed by atoms with E-state index in [1.54, 1.807) is 31.2 Å². The van der Waals surface area contributed by atoms with Crippen molar-refractivity contribution in [3.05, 3.63) is 64.7 Å². The minimum atomic E-state index is -4.67. The van der Waals surface area contributed by atoms with E-state index in [2.05, 4.69) is 5.32 Å². The predicted octanol–water partition coefficient (Wildman–Crippen LogP) is 3.83. The van der Waals surface area contributed by atoms with Crippen molar-refractivity contribution in [3.8, 4) is 0 Å². The number of alkyl halides is 2. The highest BCUT2D eigenvalue weighted by Gasteiger charge is 2.26. The quantitative estimate of drug-likeness (QED) is 0.866. The lowest BCUT2D eigenvalue weighted by Gasteiger charge is -2.14. The summed E-state index contributed by atoms with van der Waals surface area (Å²) in [5.41, 5.74) is 1.01. The molecule has 0 spiro atoms. The van der Waals surface area contributed by atoms with E-state index >= 15 is 0 Å². The van der Waals surface area contributed by atoms with Gasteiger partial charge in [0, 0.05) is 10.6 Å². The van der Waals surface area contributed by atoms with Gasteiger partial charge >= 0.3 is 5.76 Å². The molecule has 0 heterocycles. The summed E-state index contributed by atoms with van der Waals surface area (Å²) in [7, 11) is -4.67. The first-order chi connectivity index (χ1) is 11.2. The number of carbonyl (C=O) groups excluding carboxylic acids is 1. The van der Waals surface area contributed by atoms with Crippen LogP contribution in [-0.4, -0.2) is 20.1 Å². The van der Waals surface area contributed by atoms with Crippen molar-refractivity contribution in [2.75, 3.05) is 0 Å². The molecule has 2 aromatic carbocycles. The lowest BCUT2D eigenvalue weighted by molar-refractivity contribution is 0.0940. The highest BCUT2D eigenvalue weighted by molar-refractivity contribution is 7.91.